The van der Waals surface area contributed by atoms with Crippen LogP contribution in [0.2, 0.25) is 0 Å². The van der Waals surface area contributed by atoms with E-state index in [1.165, 1.54) is 12.1 Å². The van der Waals surface area contributed by atoms with E-state index in [4.69, 9.17) is 0 Å². The van der Waals surface area contributed by atoms with Crippen molar-refractivity contribution in [2.45, 2.75) is 18.9 Å². The van der Waals surface area contributed by atoms with Gasteiger partial charge in [-0.05, 0) is 32.0 Å². The van der Waals surface area contributed by atoms with Crippen molar-refractivity contribution in [3.05, 3.63) is 34.1 Å². The third kappa shape index (κ3) is 2.52. The zero-order valence-corrected chi connectivity index (χ0v) is 9.50. The summed E-state index contributed by atoms with van der Waals surface area (Å²) in [4.78, 5) is 10.3. The first-order chi connectivity index (χ1) is 8.00. The lowest BCUT2D eigenvalue weighted by Gasteiger charge is -2.25. The quantitative estimate of drug-likeness (QED) is 0.624. The smallest absolute Gasteiger partial charge is 0.295 e. The first-order valence-electron chi connectivity index (χ1n) is 5.43. The van der Waals surface area contributed by atoms with Crippen LogP contribution >= 0.6 is 0 Å². The van der Waals surface area contributed by atoms with Crippen LogP contribution in [0.3, 0.4) is 0 Å². The van der Waals surface area contributed by atoms with Gasteiger partial charge in [0.2, 0.25) is 0 Å². The highest BCUT2D eigenvalue weighted by molar-refractivity contribution is 5.62. The highest BCUT2D eigenvalue weighted by Crippen LogP contribution is 2.29. The molecule has 0 radical (unpaired) electrons. The Labute approximate surface area is 98.2 Å². The molecule has 1 heterocycles. The van der Waals surface area contributed by atoms with E-state index < -0.39 is 10.7 Å². The lowest BCUT2D eigenvalue weighted by molar-refractivity contribution is -0.384. The number of hydrogen-bond donors (Lipinski definition) is 2. The van der Waals surface area contributed by atoms with Gasteiger partial charge in [0, 0.05) is 12.1 Å². The van der Waals surface area contributed by atoms with Crippen LogP contribution in [0.1, 0.15) is 13.3 Å². The Morgan fingerprint density at radius 3 is 2.94 bits per heavy atom. The van der Waals surface area contributed by atoms with E-state index in [0.717, 1.165) is 25.6 Å². The molecule has 5 nitrogen and oxygen atoms in total. The molecule has 0 saturated carbocycles. The summed E-state index contributed by atoms with van der Waals surface area (Å²) in [5, 5.41) is 17.1. The van der Waals surface area contributed by atoms with Crippen molar-refractivity contribution in [2.75, 3.05) is 18.4 Å². The Morgan fingerprint density at radius 1 is 1.59 bits per heavy atom. The van der Waals surface area contributed by atoms with E-state index in [0.29, 0.717) is 5.69 Å². The Balaban J connectivity index is 2.28. The second-order valence-electron chi connectivity index (χ2n) is 4.53. The number of nitro benzene ring substituents is 1. The molecule has 1 atom stereocenters. The molecule has 1 saturated heterocycles. The number of hydrogen-bond acceptors (Lipinski definition) is 4. The maximum atomic E-state index is 13.0. The summed E-state index contributed by atoms with van der Waals surface area (Å²) in [6.45, 7) is 3.60. The molecule has 1 aliphatic rings. The van der Waals surface area contributed by atoms with Crippen molar-refractivity contribution in [1.29, 1.82) is 0 Å². The summed E-state index contributed by atoms with van der Waals surface area (Å²) in [7, 11) is 0. The number of anilines is 1. The van der Waals surface area contributed by atoms with Gasteiger partial charge in [0.15, 0.2) is 0 Å². The van der Waals surface area contributed by atoms with Crippen molar-refractivity contribution in [1.82, 2.24) is 5.32 Å². The van der Waals surface area contributed by atoms with Crippen molar-refractivity contribution >= 4 is 11.4 Å². The Bertz CT molecular complexity index is 444. The summed E-state index contributed by atoms with van der Waals surface area (Å²) in [6.07, 6.45) is 0.877. The molecule has 2 N–H and O–H groups in total. The van der Waals surface area contributed by atoms with E-state index >= 15 is 0 Å². The van der Waals surface area contributed by atoms with Crippen LogP contribution in [0.15, 0.2) is 18.2 Å². The number of nitro groups is 1. The molecule has 17 heavy (non-hydrogen) atoms. The van der Waals surface area contributed by atoms with Crippen LogP contribution in [0.4, 0.5) is 15.8 Å². The average molecular weight is 239 g/mol. The van der Waals surface area contributed by atoms with Crippen LogP contribution in [0, 0.1) is 15.9 Å². The molecule has 0 bridgehead atoms. The van der Waals surface area contributed by atoms with E-state index in [-0.39, 0.29) is 11.2 Å². The third-order valence-electron chi connectivity index (χ3n) is 2.96. The minimum atomic E-state index is -0.600. The predicted octanol–water partition coefficient (Wildman–Crippen LogP) is 1.90. The standard InChI is InChI=1S/C11H14FN3O2/c1-11(4-5-13-7-11)14-9-3-2-8(12)6-10(9)15(16)17/h2-3,6,13-14H,4-5,7H2,1H3. The van der Waals surface area contributed by atoms with Crippen LogP contribution < -0.4 is 10.6 Å². The van der Waals surface area contributed by atoms with Crippen molar-refractivity contribution < 1.29 is 9.31 Å². The fourth-order valence-electron chi connectivity index (χ4n) is 2.01. The molecule has 1 aromatic carbocycles. The highest BCUT2D eigenvalue weighted by atomic mass is 19.1. The Morgan fingerprint density at radius 2 is 2.35 bits per heavy atom. The molecule has 0 aliphatic carbocycles. The molecule has 0 spiro atoms. The van der Waals surface area contributed by atoms with Gasteiger partial charge in [-0.1, -0.05) is 0 Å². The van der Waals surface area contributed by atoms with Crippen molar-refractivity contribution in [2.24, 2.45) is 0 Å². The molecule has 1 unspecified atom stereocenters. The molecule has 1 aromatic rings. The SMILES string of the molecule is CC1(Nc2ccc(F)cc2[N+](=O)[O-])CCNC1. The minimum Gasteiger partial charge on any atom is -0.373 e. The number of halogens is 1. The molecular weight excluding hydrogens is 225 g/mol. The van der Waals surface area contributed by atoms with Crippen LogP contribution in [0.25, 0.3) is 0 Å². The number of nitrogens with one attached hydrogen (secondary N) is 2. The summed E-state index contributed by atoms with van der Waals surface area (Å²) in [5.74, 6) is -0.600. The van der Waals surface area contributed by atoms with E-state index in [1.807, 2.05) is 6.92 Å². The fraction of sp³-hybridized carbons (Fsp3) is 0.455. The van der Waals surface area contributed by atoms with Gasteiger partial charge in [0.1, 0.15) is 11.5 Å². The summed E-state index contributed by atoms with van der Waals surface area (Å²) < 4.78 is 13.0. The maximum absolute atomic E-state index is 13.0. The molecular formula is C11H14FN3O2. The molecule has 2 rings (SSSR count). The lowest BCUT2D eigenvalue weighted by atomic mass is 10.0. The molecule has 1 fully saturated rings. The predicted molar refractivity (Wildman–Crippen MR) is 62.6 cm³/mol. The largest absolute Gasteiger partial charge is 0.373 e. The summed E-state index contributed by atoms with van der Waals surface area (Å²) in [6, 6.07) is 3.58. The van der Waals surface area contributed by atoms with E-state index in [9.17, 15) is 14.5 Å². The maximum Gasteiger partial charge on any atom is 0.295 e. The van der Waals surface area contributed by atoms with Gasteiger partial charge in [0.05, 0.1) is 11.0 Å². The molecule has 1 aliphatic heterocycles. The first-order valence-corrected chi connectivity index (χ1v) is 5.43. The van der Waals surface area contributed by atoms with Gasteiger partial charge < -0.3 is 10.6 Å². The van der Waals surface area contributed by atoms with Gasteiger partial charge in [-0.25, -0.2) is 4.39 Å². The Kier molecular flexibility index (Phi) is 2.97. The summed E-state index contributed by atoms with van der Waals surface area (Å²) in [5.41, 5.74) is -0.0801. The fourth-order valence-corrected chi connectivity index (χ4v) is 2.01. The van der Waals surface area contributed by atoms with Gasteiger partial charge in [-0.3, -0.25) is 10.1 Å². The third-order valence-corrected chi connectivity index (χ3v) is 2.96. The number of nitrogens with zero attached hydrogens (tertiary/aromatic N) is 1. The van der Waals surface area contributed by atoms with Crippen LogP contribution in [-0.2, 0) is 0 Å². The lowest BCUT2D eigenvalue weighted by Crippen LogP contribution is -2.37. The molecule has 6 heteroatoms. The first kappa shape index (κ1) is 11.8. The average Bonchev–Trinajstić information content (AvgIpc) is 2.67. The van der Waals surface area contributed by atoms with Crippen molar-refractivity contribution in [3.8, 4) is 0 Å². The van der Waals surface area contributed by atoms with Crippen molar-refractivity contribution in [3.63, 3.8) is 0 Å². The zero-order chi connectivity index (χ0) is 12.5. The minimum absolute atomic E-state index is 0.220. The zero-order valence-electron chi connectivity index (χ0n) is 9.50. The second kappa shape index (κ2) is 4.29. The van der Waals surface area contributed by atoms with Gasteiger partial charge in [0.25, 0.3) is 5.69 Å². The van der Waals surface area contributed by atoms with Gasteiger partial charge in [-0.15, -0.1) is 0 Å². The summed E-state index contributed by atoms with van der Waals surface area (Å²) >= 11 is 0. The normalized spacial score (nSPS) is 23.6. The van der Waals surface area contributed by atoms with Crippen LogP contribution in [0.5, 0.6) is 0 Å². The number of rotatable bonds is 3. The molecule has 92 valence electrons. The van der Waals surface area contributed by atoms with Gasteiger partial charge >= 0.3 is 0 Å². The molecule has 0 aromatic heterocycles. The molecule has 0 amide bonds. The van der Waals surface area contributed by atoms with E-state index in [2.05, 4.69) is 10.6 Å². The number of benzene rings is 1. The Hall–Kier alpha value is -1.69. The van der Waals surface area contributed by atoms with E-state index in [1.54, 1.807) is 0 Å². The second-order valence-corrected chi connectivity index (χ2v) is 4.53. The van der Waals surface area contributed by atoms with Gasteiger partial charge in [-0.2, -0.15) is 0 Å². The topological polar surface area (TPSA) is 67.2 Å². The monoisotopic (exact) mass is 239 g/mol. The van der Waals surface area contributed by atoms with Crippen LogP contribution in [-0.4, -0.2) is 23.6 Å². The highest BCUT2D eigenvalue weighted by Gasteiger charge is 2.30.